The lowest BCUT2D eigenvalue weighted by Crippen LogP contribution is -2.30. The second-order valence-electron chi connectivity index (χ2n) is 6.99. The lowest BCUT2D eigenvalue weighted by atomic mass is 10.1. The van der Waals surface area contributed by atoms with Gasteiger partial charge in [-0.2, -0.15) is 0 Å². The number of rotatable bonds is 7. The number of methoxy groups -OCH3 is 2. The summed E-state index contributed by atoms with van der Waals surface area (Å²) in [6, 6.07) is 15.2. The van der Waals surface area contributed by atoms with Gasteiger partial charge in [0.05, 0.1) is 30.4 Å². The maximum Gasteiger partial charge on any atom is 0.259 e. The van der Waals surface area contributed by atoms with E-state index in [4.69, 9.17) is 9.47 Å². The molecule has 0 bridgehead atoms. The summed E-state index contributed by atoms with van der Waals surface area (Å²) in [6.07, 6.45) is 0. The normalized spacial score (nSPS) is 11.5. The lowest BCUT2D eigenvalue weighted by Gasteiger charge is -2.15. The van der Waals surface area contributed by atoms with E-state index in [0.29, 0.717) is 17.1 Å². The Morgan fingerprint density at radius 1 is 0.900 bits per heavy atom. The third kappa shape index (κ3) is 4.55. The SMILES string of the molecule is COc1ccc(S(=O)(=O)NC(C)C)cc1NC(=O)c1cc2ccccc2cc1OC. The van der Waals surface area contributed by atoms with E-state index >= 15 is 0 Å². The maximum atomic E-state index is 13.0. The molecule has 0 radical (unpaired) electrons. The monoisotopic (exact) mass is 428 g/mol. The molecular weight excluding hydrogens is 404 g/mol. The van der Waals surface area contributed by atoms with Crippen LogP contribution in [0, 0.1) is 0 Å². The summed E-state index contributed by atoms with van der Waals surface area (Å²) in [5, 5.41) is 4.57. The van der Waals surface area contributed by atoms with Crippen molar-refractivity contribution in [2.75, 3.05) is 19.5 Å². The number of amides is 1. The van der Waals surface area contributed by atoms with Crippen molar-refractivity contribution >= 4 is 32.4 Å². The van der Waals surface area contributed by atoms with Gasteiger partial charge in [-0.25, -0.2) is 13.1 Å². The van der Waals surface area contributed by atoms with Crippen LogP contribution in [0.2, 0.25) is 0 Å². The first-order valence-electron chi connectivity index (χ1n) is 9.33. The predicted octanol–water partition coefficient (Wildman–Crippen LogP) is 3.80. The molecule has 8 heteroatoms. The predicted molar refractivity (Wildman–Crippen MR) is 117 cm³/mol. The molecule has 30 heavy (non-hydrogen) atoms. The third-order valence-electron chi connectivity index (χ3n) is 4.43. The first-order chi connectivity index (χ1) is 14.2. The number of sulfonamides is 1. The maximum absolute atomic E-state index is 13.0. The summed E-state index contributed by atoms with van der Waals surface area (Å²) in [5.74, 6) is 0.310. The fourth-order valence-corrected chi connectivity index (χ4v) is 4.36. The van der Waals surface area contributed by atoms with Crippen molar-refractivity contribution in [3.05, 3.63) is 60.2 Å². The van der Waals surface area contributed by atoms with Gasteiger partial charge in [0.1, 0.15) is 11.5 Å². The van der Waals surface area contributed by atoms with Crippen LogP contribution in [0.5, 0.6) is 11.5 Å². The molecule has 0 atom stereocenters. The molecule has 0 aromatic heterocycles. The number of anilines is 1. The van der Waals surface area contributed by atoms with Gasteiger partial charge in [-0.15, -0.1) is 0 Å². The van der Waals surface area contributed by atoms with Crippen LogP contribution < -0.4 is 19.5 Å². The molecule has 3 aromatic carbocycles. The van der Waals surface area contributed by atoms with Gasteiger partial charge in [0.2, 0.25) is 10.0 Å². The topological polar surface area (TPSA) is 93.7 Å². The molecule has 0 fully saturated rings. The van der Waals surface area contributed by atoms with Crippen LogP contribution >= 0.6 is 0 Å². The Bertz CT molecular complexity index is 1190. The van der Waals surface area contributed by atoms with Gasteiger partial charge in [-0.3, -0.25) is 4.79 Å². The van der Waals surface area contributed by atoms with Gasteiger partial charge in [0, 0.05) is 6.04 Å². The van der Waals surface area contributed by atoms with Crippen molar-refractivity contribution in [1.82, 2.24) is 4.72 Å². The van der Waals surface area contributed by atoms with Crippen molar-refractivity contribution in [1.29, 1.82) is 0 Å². The molecule has 7 nitrogen and oxygen atoms in total. The van der Waals surface area contributed by atoms with E-state index < -0.39 is 15.9 Å². The summed E-state index contributed by atoms with van der Waals surface area (Å²) in [7, 11) is -0.792. The van der Waals surface area contributed by atoms with Crippen molar-refractivity contribution in [3.63, 3.8) is 0 Å². The molecule has 2 N–H and O–H groups in total. The van der Waals surface area contributed by atoms with E-state index in [1.54, 1.807) is 26.0 Å². The molecule has 0 saturated carbocycles. The van der Waals surface area contributed by atoms with Crippen LogP contribution in [-0.4, -0.2) is 34.6 Å². The number of ether oxygens (including phenoxy) is 2. The molecular formula is C22H24N2O5S. The van der Waals surface area contributed by atoms with E-state index in [0.717, 1.165) is 10.8 Å². The van der Waals surface area contributed by atoms with Gasteiger partial charge >= 0.3 is 0 Å². The molecule has 1 amide bonds. The van der Waals surface area contributed by atoms with Crippen LogP contribution in [0.1, 0.15) is 24.2 Å². The molecule has 3 rings (SSSR count). The second kappa shape index (κ2) is 8.73. The smallest absolute Gasteiger partial charge is 0.259 e. The Labute approximate surface area is 176 Å². The van der Waals surface area contributed by atoms with Gasteiger partial charge in [-0.1, -0.05) is 24.3 Å². The Balaban J connectivity index is 2.00. The molecule has 0 heterocycles. The van der Waals surface area contributed by atoms with E-state index in [9.17, 15) is 13.2 Å². The van der Waals surface area contributed by atoms with Crippen molar-refractivity contribution in [2.45, 2.75) is 24.8 Å². The second-order valence-corrected chi connectivity index (χ2v) is 8.71. The van der Waals surface area contributed by atoms with Crippen molar-refractivity contribution in [3.8, 4) is 11.5 Å². The van der Waals surface area contributed by atoms with E-state index in [1.807, 2.05) is 24.3 Å². The third-order valence-corrected chi connectivity index (χ3v) is 6.09. The average Bonchev–Trinajstić information content (AvgIpc) is 2.71. The number of hydrogen-bond acceptors (Lipinski definition) is 5. The standard InChI is InChI=1S/C22H24N2O5S/c1-14(2)24-30(26,27)17-9-10-20(28-3)19(13-17)23-22(25)18-11-15-7-5-6-8-16(15)12-21(18)29-4/h5-14,24H,1-4H3,(H,23,25). The molecule has 0 saturated heterocycles. The Morgan fingerprint density at radius 2 is 1.53 bits per heavy atom. The zero-order chi connectivity index (χ0) is 21.9. The van der Waals surface area contributed by atoms with Crippen molar-refractivity contribution < 1.29 is 22.7 Å². The molecule has 0 spiro atoms. The molecule has 0 aliphatic heterocycles. The van der Waals surface area contributed by atoms with Gasteiger partial charge in [-0.05, 0) is 55.0 Å². The van der Waals surface area contributed by atoms with E-state index in [1.165, 1.54) is 32.4 Å². The first kappa shape index (κ1) is 21.6. The molecule has 0 unspecified atom stereocenters. The van der Waals surface area contributed by atoms with Crippen LogP contribution in [0.25, 0.3) is 10.8 Å². The van der Waals surface area contributed by atoms with Crippen molar-refractivity contribution in [2.24, 2.45) is 0 Å². The fourth-order valence-electron chi connectivity index (χ4n) is 3.09. The van der Waals surface area contributed by atoms with Crippen LogP contribution in [0.3, 0.4) is 0 Å². The van der Waals surface area contributed by atoms with Gasteiger partial charge in [0.25, 0.3) is 5.91 Å². The summed E-state index contributed by atoms with van der Waals surface area (Å²) < 4.78 is 38.2. The van der Waals surface area contributed by atoms with E-state index in [-0.39, 0.29) is 16.6 Å². The largest absolute Gasteiger partial charge is 0.496 e. The molecule has 0 aliphatic rings. The number of carbonyl (C=O) groups is 1. The highest BCUT2D eigenvalue weighted by molar-refractivity contribution is 7.89. The first-order valence-corrected chi connectivity index (χ1v) is 10.8. The minimum Gasteiger partial charge on any atom is -0.496 e. The van der Waals surface area contributed by atoms with Crippen LogP contribution in [0.4, 0.5) is 5.69 Å². The number of nitrogens with one attached hydrogen (secondary N) is 2. The van der Waals surface area contributed by atoms with Crippen LogP contribution in [0.15, 0.2) is 59.5 Å². The highest BCUT2D eigenvalue weighted by Gasteiger charge is 2.20. The molecule has 3 aromatic rings. The minimum absolute atomic E-state index is 0.0257. The summed E-state index contributed by atoms with van der Waals surface area (Å²) >= 11 is 0. The average molecular weight is 429 g/mol. The van der Waals surface area contributed by atoms with E-state index in [2.05, 4.69) is 10.0 Å². The number of carbonyl (C=O) groups excluding carboxylic acids is 1. The highest BCUT2D eigenvalue weighted by Crippen LogP contribution is 2.31. The lowest BCUT2D eigenvalue weighted by molar-refractivity contribution is 0.102. The Morgan fingerprint density at radius 3 is 2.13 bits per heavy atom. The number of benzene rings is 3. The number of fused-ring (bicyclic) bond motifs is 1. The zero-order valence-corrected chi connectivity index (χ0v) is 18.0. The quantitative estimate of drug-likeness (QED) is 0.597. The minimum atomic E-state index is -3.73. The number of hydrogen-bond donors (Lipinski definition) is 2. The fraction of sp³-hybridized carbons (Fsp3) is 0.227. The van der Waals surface area contributed by atoms with Crippen LogP contribution in [-0.2, 0) is 10.0 Å². The Hall–Kier alpha value is -3.10. The van der Waals surface area contributed by atoms with Gasteiger partial charge in [0.15, 0.2) is 0 Å². The van der Waals surface area contributed by atoms with Gasteiger partial charge < -0.3 is 14.8 Å². The summed E-state index contributed by atoms with van der Waals surface area (Å²) in [5.41, 5.74) is 0.566. The molecule has 0 aliphatic carbocycles. The zero-order valence-electron chi connectivity index (χ0n) is 17.2. The highest BCUT2D eigenvalue weighted by atomic mass is 32.2. The summed E-state index contributed by atoms with van der Waals surface area (Å²) in [6.45, 7) is 3.46. The molecule has 158 valence electrons. The summed E-state index contributed by atoms with van der Waals surface area (Å²) in [4.78, 5) is 13.1. The Kier molecular flexibility index (Phi) is 6.28.